The van der Waals surface area contributed by atoms with Gasteiger partial charge < -0.3 is 19.5 Å². The lowest BCUT2D eigenvalue weighted by Crippen LogP contribution is -2.10. The van der Waals surface area contributed by atoms with Crippen LogP contribution in [0.2, 0.25) is 0 Å². The minimum Gasteiger partial charge on any atom is -0.481 e. The number of carboxylic acids is 1. The Morgan fingerprint density at radius 2 is 2.20 bits per heavy atom. The zero-order valence-electron chi connectivity index (χ0n) is 11.8. The number of thioether (sulfide) groups is 1. The van der Waals surface area contributed by atoms with E-state index < -0.39 is 5.97 Å². The predicted octanol–water partition coefficient (Wildman–Crippen LogP) is 1.01. The van der Waals surface area contributed by atoms with Crippen molar-refractivity contribution in [1.29, 1.82) is 0 Å². The van der Waals surface area contributed by atoms with E-state index >= 15 is 0 Å². The molecule has 0 aliphatic carbocycles. The van der Waals surface area contributed by atoms with E-state index in [0.29, 0.717) is 30.1 Å². The molecule has 1 aromatic heterocycles. The molecule has 0 unspecified atom stereocenters. The van der Waals surface area contributed by atoms with Crippen LogP contribution in [-0.2, 0) is 22.7 Å². The van der Waals surface area contributed by atoms with E-state index in [9.17, 15) is 9.90 Å². The molecule has 1 rings (SSSR count). The first kappa shape index (κ1) is 16.9. The summed E-state index contributed by atoms with van der Waals surface area (Å²) in [6.07, 6.45) is 0.762. The van der Waals surface area contributed by atoms with E-state index in [1.807, 2.05) is 0 Å². The van der Waals surface area contributed by atoms with Crippen molar-refractivity contribution in [2.45, 2.75) is 38.6 Å². The van der Waals surface area contributed by atoms with Crippen molar-refractivity contribution in [2.75, 3.05) is 19.0 Å². The third-order valence-corrected chi connectivity index (χ3v) is 3.33. The molecule has 2 N–H and O–H groups in total. The Kier molecular flexibility index (Phi) is 7.56. The second kappa shape index (κ2) is 8.93. The molecule has 0 amide bonds. The van der Waals surface area contributed by atoms with Crippen LogP contribution in [0.4, 0.5) is 0 Å². The molecule has 0 bridgehead atoms. The van der Waals surface area contributed by atoms with Gasteiger partial charge in [0, 0.05) is 19.8 Å². The summed E-state index contributed by atoms with van der Waals surface area (Å²) in [6, 6.07) is 0. The molecule has 0 aliphatic heterocycles. The van der Waals surface area contributed by atoms with Crippen molar-refractivity contribution < 1.29 is 19.7 Å². The highest BCUT2D eigenvalue weighted by Gasteiger charge is 2.13. The smallest absolute Gasteiger partial charge is 0.313 e. The summed E-state index contributed by atoms with van der Waals surface area (Å²) in [4.78, 5) is 10.6. The first-order chi connectivity index (χ1) is 9.54. The van der Waals surface area contributed by atoms with Crippen LogP contribution in [0.5, 0.6) is 0 Å². The van der Waals surface area contributed by atoms with Gasteiger partial charge in [0.15, 0.2) is 11.0 Å². The van der Waals surface area contributed by atoms with Gasteiger partial charge in [-0.1, -0.05) is 25.6 Å². The zero-order chi connectivity index (χ0) is 15.0. The van der Waals surface area contributed by atoms with E-state index in [0.717, 1.165) is 24.8 Å². The van der Waals surface area contributed by atoms with Crippen LogP contribution in [0.25, 0.3) is 0 Å². The fraction of sp³-hybridized carbons (Fsp3) is 0.750. The number of rotatable bonds is 10. The van der Waals surface area contributed by atoms with Gasteiger partial charge >= 0.3 is 5.97 Å². The minimum atomic E-state index is -0.907. The largest absolute Gasteiger partial charge is 0.481 e. The van der Waals surface area contributed by atoms with Crippen molar-refractivity contribution in [3.63, 3.8) is 0 Å². The fourth-order valence-corrected chi connectivity index (χ4v) is 2.24. The molecular weight excluding hydrogens is 282 g/mol. The molecular formula is C12H21N3O4S. The quantitative estimate of drug-likeness (QED) is 0.491. The van der Waals surface area contributed by atoms with Gasteiger partial charge in [-0.2, -0.15) is 0 Å². The summed E-state index contributed by atoms with van der Waals surface area (Å²) in [7, 11) is 0. The summed E-state index contributed by atoms with van der Waals surface area (Å²) in [5.74, 6) is -0.0374. The number of carboxylic acid groups (broad SMARTS) is 1. The second-order valence-corrected chi connectivity index (χ2v) is 5.66. The van der Waals surface area contributed by atoms with Crippen LogP contribution < -0.4 is 0 Å². The maximum absolute atomic E-state index is 10.6. The van der Waals surface area contributed by atoms with E-state index in [1.165, 1.54) is 0 Å². The van der Waals surface area contributed by atoms with Crippen LogP contribution in [0.15, 0.2) is 5.16 Å². The summed E-state index contributed by atoms with van der Waals surface area (Å²) in [6.45, 7) is 5.89. The van der Waals surface area contributed by atoms with Crippen LogP contribution >= 0.6 is 11.8 Å². The van der Waals surface area contributed by atoms with E-state index in [4.69, 9.17) is 9.84 Å². The van der Waals surface area contributed by atoms with Gasteiger partial charge in [0.05, 0.1) is 5.75 Å². The Balaban J connectivity index is 2.48. The number of aliphatic hydroxyl groups excluding tert-OH is 1. The summed E-state index contributed by atoms with van der Waals surface area (Å²) < 4.78 is 7.23. The van der Waals surface area contributed by atoms with E-state index in [2.05, 4.69) is 24.0 Å². The number of ether oxygens (including phenoxy) is 1. The second-order valence-electron chi connectivity index (χ2n) is 4.71. The Bertz CT molecular complexity index is 423. The zero-order valence-corrected chi connectivity index (χ0v) is 12.6. The molecule has 0 aromatic carbocycles. The van der Waals surface area contributed by atoms with Crippen LogP contribution in [0, 0.1) is 5.92 Å². The third kappa shape index (κ3) is 5.89. The summed E-state index contributed by atoms with van der Waals surface area (Å²) in [5.41, 5.74) is 0. The SMILES string of the molecule is CC(C)COCCCn1c(CO)nnc1SCC(=O)O. The first-order valence-electron chi connectivity index (χ1n) is 6.49. The van der Waals surface area contributed by atoms with Crippen molar-refractivity contribution in [1.82, 2.24) is 14.8 Å². The minimum absolute atomic E-state index is 0.0760. The Morgan fingerprint density at radius 1 is 1.45 bits per heavy atom. The first-order valence-corrected chi connectivity index (χ1v) is 7.48. The van der Waals surface area contributed by atoms with Gasteiger partial charge in [0.2, 0.25) is 0 Å². The number of aliphatic carboxylic acids is 1. The number of carbonyl (C=O) groups is 1. The maximum Gasteiger partial charge on any atom is 0.313 e. The van der Waals surface area contributed by atoms with Gasteiger partial charge in [0.25, 0.3) is 0 Å². The van der Waals surface area contributed by atoms with Crippen molar-refractivity contribution >= 4 is 17.7 Å². The highest BCUT2D eigenvalue weighted by Crippen LogP contribution is 2.17. The standard InChI is InChI=1S/C12H21N3O4S/c1-9(2)7-19-5-3-4-15-10(6-16)13-14-12(15)20-8-11(17)18/h9,16H,3-8H2,1-2H3,(H,17,18). The Hall–Kier alpha value is -1.12. The molecule has 1 aromatic rings. The normalized spacial score (nSPS) is 11.2. The highest BCUT2D eigenvalue weighted by atomic mass is 32.2. The number of hydrogen-bond acceptors (Lipinski definition) is 6. The molecule has 20 heavy (non-hydrogen) atoms. The van der Waals surface area contributed by atoms with Gasteiger partial charge in [0.1, 0.15) is 6.61 Å². The number of nitrogens with zero attached hydrogens (tertiary/aromatic N) is 3. The molecule has 0 radical (unpaired) electrons. The summed E-state index contributed by atoms with van der Waals surface area (Å²) in [5, 5.41) is 26.1. The third-order valence-electron chi connectivity index (χ3n) is 2.38. The molecule has 0 spiro atoms. The molecule has 114 valence electrons. The maximum atomic E-state index is 10.6. The van der Waals surface area contributed by atoms with Gasteiger partial charge in [-0.15, -0.1) is 10.2 Å². The lowest BCUT2D eigenvalue weighted by Gasteiger charge is -2.10. The van der Waals surface area contributed by atoms with Crippen LogP contribution in [0.3, 0.4) is 0 Å². The molecule has 1 heterocycles. The lowest BCUT2D eigenvalue weighted by atomic mass is 10.2. The topological polar surface area (TPSA) is 97.5 Å². The molecule has 0 saturated heterocycles. The number of aliphatic hydroxyl groups is 1. The van der Waals surface area contributed by atoms with E-state index in [-0.39, 0.29) is 12.4 Å². The van der Waals surface area contributed by atoms with Crippen molar-refractivity contribution in [2.24, 2.45) is 5.92 Å². The highest BCUT2D eigenvalue weighted by molar-refractivity contribution is 7.99. The van der Waals surface area contributed by atoms with Gasteiger partial charge in [-0.3, -0.25) is 4.79 Å². The molecule has 0 aliphatic rings. The van der Waals surface area contributed by atoms with Crippen molar-refractivity contribution in [3.8, 4) is 0 Å². The Morgan fingerprint density at radius 3 is 2.80 bits per heavy atom. The van der Waals surface area contributed by atoms with Gasteiger partial charge in [-0.05, 0) is 12.3 Å². The van der Waals surface area contributed by atoms with Gasteiger partial charge in [-0.25, -0.2) is 0 Å². The number of aromatic nitrogens is 3. The van der Waals surface area contributed by atoms with Crippen molar-refractivity contribution in [3.05, 3.63) is 5.82 Å². The molecule has 7 nitrogen and oxygen atoms in total. The average molecular weight is 303 g/mol. The predicted molar refractivity (Wildman–Crippen MR) is 74.6 cm³/mol. The Labute approximate surface area is 122 Å². The monoisotopic (exact) mass is 303 g/mol. The van der Waals surface area contributed by atoms with E-state index in [1.54, 1.807) is 4.57 Å². The summed E-state index contributed by atoms with van der Waals surface area (Å²) >= 11 is 1.10. The van der Waals surface area contributed by atoms with Crippen LogP contribution in [-0.4, -0.2) is 49.9 Å². The number of hydrogen-bond donors (Lipinski definition) is 2. The fourth-order valence-electron chi connectivity index (χ4n) is 1.54. The molecule has 0 fully saturated rings. The lowest BCUT2D eigenvalue weighted by molar-refractivity contribution is -0.133. The van der Waals surface area contributed by atoms with Crippen LogP contribution in [0.1, 0.15) is 26.1 Å². The molecule has 8 heteroatoms. The average Bonchev–Trinajstić information content (AvgIpc) is 2.77. The molecule has 0 atom stereocenters. The molecule has 0 saturated carbocycles.